The lowest BCUT2D eigenvalue weighted by Gasteiger charge is -2.43. The summed E-state index contributed by atoms with van der Waals surface area (Å²) in [6.45, 7) is 9.50. The van der Waals surface area contributed by atoms with Gasteiger partial charge in [-0.25, -0.2) is 0 Å². The topological polar surface area (TPSA) is 26.0 Å². The lowest BCUT2D eigenvalue weighted by molar-refractivity contribution is 0.0779. The molecule has 0 amide bonds. The Kier molecular flexibility index (Phi) is 4.00. The fourth-order valence-corrected chi connectivity index (χ4v) is 3.04. The summed E-state index contributed by atoms with van der Waals surface area (Å²) in [6, 6.07) is 0.476. The molecule has 0 bridgehead atoms. The minimum absolute atomic E-state index is 0.476. The van der Waals surface area contributed by atoms with Crippen LogP contribution in [0.5, 0.6) is 0 Å². The first-order chi connectivity index (χ1) is 6.51. The Labute approximate surface area is 89.5 Å². The van der Waals surface area contributed by atoms with Crippen molar-refractivity contribution in [3.05, 3.63) is 0 Å². The summed E-state index contributed by atoms with van der Waals surface area (Å²) < 4.78 is 0. The molecule has 0 spiro atoms. The van der Waals surface area contributed by atoms with Crippen molar-refractivity contribution in [2.75, 3.05) is 0 Å². The fourth-order valence-electron chi connectivity index (χ4n) is 3.04. The summed E-state index contributed by atoms with van der Waals surface area (Å²) in [5, 5.41) is 0. The number of nitrogens with two attached hydrogens (primary N) is 1. The van der Waals surface area contributed by atoms with Crippen LogP contribution in [0.25, 0.3) is 0 Å². The molecule has 1 nitrogen and oxygen atoms in total. The van der Waals surface area contributed by atoms with E-state index in [0.29, 0.717) is 11.5 Å². The molecule has 3 atom stereocenters. The predicted molar refractivity (Wildman–Crippen MR) is 63.2 cm³/mol. The smallest absolute Gasteiger partial charge is 0.00416 e. The van der Waals surface area contributed by atoms with Gasteiger partial charge in [-0.1, -0.05) is 40.5 Å². The van der Waals surface area contributed by atoms with Gasteiger partial charge in [-0.2, -0.15) is 0 Å². The largest absolute Gasteiger partial charge is 0.328 e. The Morgan fingerprint density at radius 3 is 2.36 bits per heavy atom. The Balaban J connectivity index is 2.67. The van der Waals surface area contributed by atoms with E-state index in [1.165, 1.54) is 32.1 Å². The molecular formula is C13H27N. The van der Waals surface area contributed by atoms with Crippen molar-refractivity contribution in [3.8, 4) is 0 Å². The van der Waals surface area contributed by atoms with E-state index in [2.05, 4.69) is 27.7 Å². The number of hydrogen-bond acceptors (Lipinski definition) is 1. The lowest BCUT2D eigenvalue weighted by Crippen LogP contribution is -2.39. The summed E-state index contributed by atoms with van der Waals surface area (Å²) in [6.07, 6.45) is 6.45. The number of rotatable bonds is 3. The average Bonchev–Trinajstić information content (AvgIpc) is 2.17. The van der Waals surface area contributed by atoms with E-state index in [1.54, 1.807) is 0 Å². The van der Waals surface area contributed by atoms with Gasteiger partial charge >= 0.3 is 0 Å². The van der Waals surface area contributed by atoms with Crippen LogP contribution in [0, 0.1) is 17.3 Å². The summed E-state index contributed by atoms with van der Waals surface area (Å²) in [7, 11) is 0. The van der Waals surface area contributed by atoms with E-state index in [9.17, 15) is 0 Å². The first-order valence-electron chi connectivity index (χ1n) is 6.26. The third kappa shape index (κ3) is 2.50. The second-order valence-electron chi connectivity index (χ2n) is 5.69. The first-order valence-corrected chi connectivity index (χ1v) is 6.26. The zero-order valence-electron chi connectivity index (χ0n) is 10.3. The highest BCUT2D eigenvalue weighted by atomic mass is 14.6. The highest BCUT2D eigenvalue weighted by molar-refractivity contribution is 4.88. The molecule has 0 heterocycles. The van der Waals surface area contributed by atoms with E-state index in [1.807, 2.05) is 0 Å². The summed E-state index contributed by atoms with van der Waals surface area (Å²) in [5.41, 5.74) is 6.56. The van der Waals surface area contributed by atoms with Crippen LogP contribution in [0.4, 0.5) is 0 Å². The highest BCUT2D eigenvalue weighted by Gasteiger charge is 2.36. The van der Waals surface area contributed by atoms with E-state index in [-0.39, 0.29) is 0 Å². The summed E-state index contributed by atoms with van der Waals surface area (Å²) in [5.74, 6) is 1.77. The Hall–Kier alpha value is -0.0400. The Morgan fingerprint density at radius 2 is 1.86 bits per heavy atom. The molecule has 1 rings (SSSR count). The minimum atomic E-state index is 0.476. The first kappa shape index (κ1) is 12.0. The van der Waals surface area contributed by atoms with Gasteiger partial charge in [-0.15, -0.1) is 0 Å². The zero-order valence-corrected chi connectivity index (χ0v) is 10.3. The van der Waals surface area contributed by atoms with Gasteiger partial charge in [-0.3, -0.25) is 0 Å². The molecule has 1 aliphatic carbocycles. The molecule has 0 aromatic heterocycles. The molecule has 84 valence electrons. The van der Waals surface area contributed by atoms with Gasteiger partial charge in [0.15, 0.2) is 0 Å². The number of hydrogen-bond donors (Lipinski definition) is 1. The molecule has 0 saturated heterocycles. The minimum Gasteiger partial charge on any atom is -0.328 e. The van der Waals surface area contributed by atoms with E-state index >= 15 is 0 Å². The SMILES string of the molecule is CCC1CC(N)CCC1C(C)(C)CC. The van der Waals surface area contributed by atoms with Crippen LogP contribution in [-0.2, 0) is 0 Å². The van der Waals surface area contributed by atoms with Gasteiger partial charge in [0.1, 0.15) is 0 Å². The molecule has 1 aliphatic rings. The van der Waals surface area contributed by atoms with Gasteiger partial charge in [0.25, 0.3) is 0 Å². The standard InChI is InChI=1S/C13H27N/c1-5-10-9-11(14)7-8-12(10)13(3,4)6-2/h10-12H,5-9,14H2,1-4H3. The van der Waals surface area contributed by atoms with Crippen LogP contribution in [0.1, 0.15) is 59.8 Å². The molecule has 0 radical (unpaired) electrons. The lowest BCUT2D eigenvalue weighted by atomic mass is 9.63. The van der Waals surface area contributed by atoms with E-state index in [4.69, 9.17) is 5.73 Å². The third-order valence-electron chi connectivity index (χ3n) is 4.46. The normalized spacial score (nSPS) is 34.5. The van der Waals surface area contributed by atoms with Crippen LogP contribution in [0.2, 0.25) is 0 Å². The van der Waals surface area contributed by atoms with Crippen LogP contribution in [0.3, 0.4) is 0 Å². The average molecular weight is 197 g/mol. The van der Waals surface area contributed by atoms with Gasteiger partial charge in [-0.05, 0) is 36.5 Å². The van der Waals surface area contributed by atoms with Crippen molar-refractivity contribution in [1.29, 1.82) is 0 Å². The van der Waals surface area contributed by atoms with Gasteiger partial charge in [0.2, 0.25) is 0 Å². The van der Waals surface area contributed by atoms with Crippen molar-refractivity contribution < 1.29 is 0 Å². The van der Waals surface area contributed by atoms with Crippen LogP contribution in [-0.4, -0.2) is 6.04 Å². The van der Waals surface area contributed by atoms with Gasteiger partial charge in [0, 0.05) is 6.04 Å². The predicted octanol–water partition coefficient (Wildman–Crippen LogP) is 3.58. The monoisotopic (exact) mass is 197 g/mol. The molecular weight excluding hydrogens is 170 g/mol. The summed E-state index contributed by atoms with van der Waals surface area (Å²) in [4.78, 5) is 0. The maximum absolute atomic E-state index is 6.05. The maximum atomic E-state index is 6.05. The molecule has 0 aliphatic heterocycles. The Bertz CT molecular complexity index is 174. The fraction of sp³-hybridized carbons (Fsp3) is 1.00. The second-order valence-corrected chi connectivity index (χ2v) is 5.69. The molecule has 1 saturated carbocycles. The van der Waals surface area contributed by atoms with Gasteiger partial charge < -0.3 is 5.73 Å². The Morgan fingerprint density at radius 1 is 1.21 bits per heavy atom. The summed E-state index contributed by atoms with van der Waals surface area (Å²) >= 11 is 0. The highest BCUT2D eigenvalue weighted by Crippen LogP contribution is 2.44. The zero-order chi connectivity index (χ0) is 10.8. The molecule has 0 aromatic rings. The molecule has 2 N–H and O–H groups in total. The van der Waals surface area contributed by atoms with Gasteiger partial charge in [0.05, 0.1) is 0 Å². The quantitative estimate of drug-likeness (QED) is 0.735. The third-order valence-corrected chi connectivity index (χ3v) is 4.46. The molecule has 1 fully saturated rings. The van der Waals surface area contributed by atoms with E-state index < -0.39 is 0 Å². The maximum Gasteiger partial charge on any atom is 0.00416 e. The van der Waals surface area contributed by atoms with Crippen molar-refractivity contribution in [3.63, 3.8) is 0 Å². The van der Waals surface area contributed by atoms with Crippen molar-refractivity contribution in [2.45, 2.75) is 65.8 Å². The van der Waals surface area contributed by atoms with Crippen molar-refractivity contribution in [2.24, 2.45) is 23.0 Å². The van der Waals surface area contributed by atoms with Crippen molar-refractivity contribution in [1.82, 2.24) is 0 Å². The van der Waals surface area contributed by atoms with Crippen LogP contribution < -0.4 is 5.73 Å². The van der Waals surface area contributed by atoms with Crippen LogP contribution >= 0.6 is 0 Å². The molecule has 14 heavy (non-hydrogen) atoms. The van der Waals surface area contributed by atoms with E-state index in [0.717, 1.165) is 11.8 Å². The van der Waals surface area contributed by atoms with Crippen LogP contribution in [0.15, 0.2) is 0 Å². The second kappa shape index (κ2) is 4.65. The molecule has 0 aromatic carbocycles. The van der Waals surface area contributed by atoms with Crippen molar-refractivity contribution >= 4 is 0 Å². The molecule has 3 unspecified atom stereocenters. The molecule has 1 heteroatoms.